The van der Waals surface area contributed by atoms with Crippen LogP contribution in [0.1, 0.15) is 77.7 Å². The number of nitrogens with zero attached hydrogens (tertiary/aromatic N) is 4. The summed E-state index contributed by atoms with van der Waals surface area (Å²) in [6.45, 7) is 15.7. The van der Waals surface area contributed by atoms with Gasteiger partial charge in [0.15, 0.2) is 0 Å². The van der Waals surface area contributed by atoms with Gasteiger partial charge in [-0.2, -0.15) is 0 Å². The van der Waals surface area contributed by atoms with E-state index in [4.69, 9.17) is 9.97 Å². The van der Waals surface area contributed by atoms with Gasteiger partial charge in [-0.1, -0.05) is 27.7 Å². The van der Waals surface area contributed by atoms with E-state index in [0.717, 1.165) is 17.3 Å². The monoisotopic (exact) mass is 318 g/mol. The van der Waals surface area contributed by atoms with Crippen molar-refractivity contribution < 1.29 is 0 Å². The molecule has 4 heteroatoms. The van der Waals surface area contributed by atoms with Gasteiger partial charge in [0.1, 0.15) is 11.6 Å². The molecule has 0 amide bonds. The Balaban J connectivity index is 2.17. The molecule has 1 saturated heterocycles. The van der Waals surface area contributed by atoms with Crippen molar-refractivity contribution in [2.45, 2.75) is 78.3 Å². The lowest BCUT2D eigenvalue weighted by molar-refractivity contribution is 0.171. The number of piperidine rings is 1. The summed E-state index contributed by atoms with van der Waals surface area (Å²) in [5.41, 5.74) is 1.16. The average molecular weight is 319 g/mol. The Kier molecular flexibility index (Phi) is 6.01. The van der Waals surface area contributed by atoms with Gasteiger partial charge in [0.2, 0.25) is 0 Å². The first-order valence-corrected chi connectivity index (χ1v) is 9.15. The zero-order valence-electron chi connectivity index (χ0n) is 16.0. The van der Waals surface area contributed by atoms with E-state index in [1.165, 1.54) is 25.9 Å². The van der Waals surface area contributed by atoms with Crippen LogP contribution in [0.2, 0.25) is 0 Å². The van der Waals surface area contributed by atoms with Crippen molar-refractivity contribution in [3.05, 3.63) is 17.6 Å². The van der Waals surface area contributed by atoms with Crippen LogP contribution in [0.15, 0.2) is 6.07 Å². The number of hydrogen-bond donors (Lipinski definition) is 0. The van der Waals surface area contributed by atoms with Crippen LogP contribution in [-0.2, 0) is 0 Å². The van der Waals surface area contributed by atoms with Gasteiger partial charge >= 0.3 is 0 Å². The van der Waals surface area contributed by atoms with Crippen LogP contribution in [0.25, 0.3) is 0 Å². The smallest absolute Gasteiger partial charge is 0.133 e. The van der Waals surface area contributed by atoms with Crippen LogP contribution in [-0.4, -0.2) is 47.1 Å². The summed E-state index contributed by atoms with van der Waals surface area (Å²) >= 11 is 0. The van der Waals surface area contributed by atoms with Crippen molar-refractivity contribution in [1.29, 1.82) is 0 Å². The molecule has 0 aliphatic carbocycles. The number of likely N-dealkylation sites (tertiary alicyclic amines) is 1. The molecule has 2 rings (SSSR count). The van der Waals surface area contributed by atoms with Crippen LogP contribution in [0.3, 0.4) is 0 Å². The van der Waals surface area contributed by atoms with Gasteiger partial charge in [-0.25, -0.2) is 9.97 Å². The number of hydrogen-bond acceptors (Lipinski definition) is 4. The Hall–Kier alpha value is -1.16. The second-order valence-electron chi connectivity index (χ2n) is 7.79. The number of aromatic nitrogens is 2. The van der Waals surface area contributed by atoms with E-state index in [2.05, 4.69) is 64.5 Å². The first-order valence-electron chi connectivity index (χ1n) is 9.15. The van der Waals surface area contributed by atoms with Gasteiger partial charge < -0.3 is 9.80 Å². The molecule has 23 heavy (non-hydrogen) atoms. The SMILES string of the molecule is CC(C)c1cc(N(C)C2CCN(C(C)C)CC2)nc(C(C)C)n1. The largest absolute Gasteiger partial charge is 0.356 e. The van der Waals surface area contributed by atoms with Crippen molar-refractivity contribution in [2.75, 3.05) is 25.0 Å². The molecule has 1 aliphatic heterocycles. The first kappa shape index (κ1) is 18.2. The third-order valence-corrected chi connectivity index (χ3v) is 5.00. The maximum absolute atomic E-state index is 4.85. The molecule has 0 saturated carbocycles. The van der Waals surface area contributed by atoms with Crippen molar-refractivity contribution in [3.63, 3.8) is 0 Å². The van der Waals surface area contributed by atoms with Crippen molar-refractivity contribution in [2.24, 2.45) is 0 Å². The Bertz CT molecular complexity index is 476. The van der Waals surface area contributed by atoms with Crippen LogP contribution in [0, 0.1) is 0 Å². The second kappa shape index (κ2) is 7.61. The van der Waals surface area contributed by atoms with E-state index in [1.807, 2.05) is 0 Å². The van der Waals surface area contributed by atoms with Crippen LogP contribution >= 0.6 is 0 Å². The van der Waals surface area contributed by atoms with Gasteiger partial charge in [0, 0.05) is 49.9 Å². The normalized spacial score (nSPS) is 17.5. The van der Waals surface area contributed by atoms with Gasteiger partial charge in [-0.05, 0) is 32.6 Å². The molecule has 1 fully saturated rings. The van der Waals surface area contributed by atoms with Gasteiger partial charge in [0.05, 0.1) is 0 Å². The predicted molar refractivity (Wildman–Crippen MR) is 98.3 cm³/mol. The molecule has 4 nitrogen and oxygen atoms in total. The maximum atomic E-state index is 4.85. The Morgan fingerprint density at radius 2 is 1.61 bits per heavy atom. The van der Waals surface area contributed by atoms with Crippen molar-refractivity contribution >= 4 is 5.82 Å². The predicted octanol–water partition coefficient (Wildman–Crippen LogP) is 4.03. The Labute approximate surface area is 142 Å². The molecular weight excluding hydrogens is 284 g/mol. The Morgan fingerprint density at radius 1 is 1.00 bits per heavy atom. The maximum Gasteiger partial charge on any atom is 0.133 e. The first-order chi connectivity index (χ1) is 10.8. The molecule has 2 heterocycles. The zero-order chi connectivity index (χ0) is 17.1. The van der Waals surface area contributed by atoms with E-state index in [9.17, 15) is 0 Å². The van der Waals surface area contributed by atoms with Crippen LogP contribution < -0.4 is 4.90 Å². The van der Waals surface area contributed by atoms with Crippen molar-refractivity contribution in [1.82, 2.24) is 14.9 Å². The highest BCUT2D eigenvalue weighted by Crippen LogP contribution is 2.25. The lowest BCUT2D eigenvalue weighted by atomic mass is 10.0. The van der Waals surface area contributed by atoms with Gasteiger partial charge in [-0.15, -0.1) is 0 Å². The zero-order valence-corrected chi connectivity index (χ0v) is 16.0. The van der Waals surface area contributed by atoms with E-state index in [1.54, 1.807) is 0 Å². The topological polar surface area (TPSA) is 32.3 Å². The summed E-state index contributed by atoms with van der Waals surface area (Å²) in [6, 6.07) is 3.42. The average Bonchev–Trinajstić information content (AvgIpc) is 2.53. The fourth-order valence-corrected chi connectivity index (χ4v) is 3.18. The highest BCUT2D eigenvalue weighted by Gasteiger charge is 2.25. The molecule has 0 aromatic carbocycles. The minimum absolute atomic E-state index is 0.364. The number of rotatable bonds is 5. The summed E-state index contributed by atoms with van der Waals surface area (Å²) in [6.07, 6.45) is 2.43. The second-order valence-corrected chi connectivity index (χ2v) is 7.79. The summed E-state index contributed by atoms with van der Waals surface area (Å²) < 4.78 is 0. The summed E-state index contributed by atoms with van der Waals surface area (Å²) in [4.78, 5) is 14.6. The van der Waals surface area contributed by atoms with E-state index in [0.29, 0.717) is 23.9 Å². The standard InChI is InChI=1S/C19H34N4/c1-13(2)17-12-18(21-19(20-17)14(3)4)22(7)16-8-10-23(11-9-16)15(5)6/h12-16H,8-11H2,1-7H3. The molecule has 0 spiro atoms. The highest BCUT2D eigenvalue weighted by atomic mass is 15.2. The molecular formula is C19H34N4. The molecule has 0 bridgehead atoms. The lowest BCUT2D eigenvalue weighted by Gasteiger charge is -2.39. The molecule has 0 unspecified atom stereocenters. The lowest BCUT2D eigenvalue weighted by Crippen LogP contribution is -2.46. The van der Waals surface area contributed by atoms with E-state index >= 15 is 0 Å². The fraction of sp³-hybridized carbons (Fsp3) is 0.789. The Morgan fingerprint density at radius 3 is 2.09 bits per heavy atom. The molecule has 1 aromatic heterocycles. The van der Waals surface area contributed by atoms with Gasteiger partial charge in [0.25, 0.3) is 0 Å². The van der Waals surface area contributed by atoms with E-state index < -0.39 is 0 Å². The molecule has 130 valence electrons. The molecule has 0 atom stereocenters. The van der Waals surface area contributed by atoms with Crippen LogP contribution in [0.4, 0.5) is 5.82 Å². The quantitative estimate of drug-likeness (QED) is 0.820. The third kappa shape index (κ3) is 4.43. The van der Waals surface area contributed by atoms with E-state index in [-0.39, 0.29) is 0 Å². The van der Waals surface area contributed by atoms with Crippen LogP contribution in [0.5, 0.6) is 0 Å². The van der Waals surface area contributed by atoms with Crippen molar-refractivity contribution in [3.8, 4) is 0 Å². The summed E-state index contributed by atoms with van der Waals surface area (Å²) in [5.74, 6) is 2.86. The molecule has 0 radical (unpaired) electrons. The van der Waals surface area contributed by atoms with Gasteiger partial charge in [-0.3, -0.25) is 0 Å². The molecule has 1 aromatic rings. The number of anilines is 1. The third-order valence-electron chi connectivity index (χ3n) is 5.00. The fourth-order valence-electron chi connectivity index (χ4n) is 3.18. The molecule has 0 N–H and O–H groups in total. The summed E-state index contributed by atoms with van der Waals surface area (Å²) in [5, 5.41) is 0. The minimum Gasteiger partial charge on any atom is -0.356 e. The minimum atomic E-state index is 0.364. The highest BCUT2D eigenvalue weighted by molar-refractivity contribution is 5.41. The summed E-state index contributed by atoms with van der Waals surface area (Å²) in [7, 11) is 2.20. The molecule has 1 aliphatic rings.